The fourth-order valence-corrected chi connectivity index (χ4v) is 8.28. The molecule has 3 N–H and O–H groups in total. The van der Waals surface area contributed by atoms with Crippen molar-refractivity contribution in [3.63, 3.8) is 0 Å². The zero-order valence-electron chi connectivity index (χ0n) is 18.5. The summed E-state index contributed by atoms with van der Waals surface area (Å²) in [5, 5.41) is 32.1. The summed E-state index contributed by atoms with van der Waals surface area (Å²) in [4.78, 5) is 26.3. The standard InChI is InChI=1S/C24H36O5/c1-12(25)19-16(27)10-22(4)17-8-7-13-14(9-15(26)20(29)21(13,2)3)24(17,6)18(28)11-23(19,22)5/h7,14-17,19-20,26-27,29H,8-11H2,1-6H3/t14-,15+,16-,17+,19?,20-,22+,23-,24+/m1/s1. The number of aliphatic hydroxyl groups is 3. The van der Waals surface area contributed by atoms with Crippen LogP contribution in [0.4, 0.5) is 0 Å². The first-order valence-corrected chi connectivity index (χ1v) is 11.0. The number of carbonyl (C=O) groups is 2. The molecule has 0 heterocycles. The minimum absolute atomic E-state index is 0.00718. The molecule has 4 rings (SSSR count). The molecule has 0 aromatic carbocycles. The Morgan fingerprint density at radius 3 is 2.24 bits per heavy atom. The minimum Gasteiger partial charge on any atom is -0.392 e. The zero-order chi connectivity index (χ0) is 21.7. The lowest BCUT2D eigenvalue weighted by Gasteiger charge is -2.64. The normalized spacial score (nSPS) is 53.6. The molecule has 4 aliphatic rings. The molecule has 0 aliphatic heterocycles. The summed E-state index contributed by atoms with van der Waals surface area (Å²) in [5.41, 5.74) is -1.08. The van der Waals surface area contributed by atoms with E-state index in [1.54, 1.807) is 0 Å². The summed E-state index contributed by atoms with van der Waals surface area (Å²) >= 11 is 0. The first-order valence-electron chi connectivity index (χ1n) is 11.0. The van der Waals surface area contributed by atoms with Crippen LogP contribution in [0.1, 0.15) is 67.2 Å². The van der Waals surface area contributed by atoms with E-state index in [2.05, 4.69) is 13.0 Å². The Balaban J connectivity index is 1.87. The third-order valence-electron chi connectivity index (χ3n) is 10.1. The smallest absolute Gasteiger partial charge is 0.140 e. The number of ketones is 2. The SMILES string of the molecule is CC(=O)C1[C@H](O)C[C@@]2(C)[C@@H]3CC=C4[C@@H](C[C@H](O)[C@@H](O)C4(C)C)[C@]3(C)C(=O)C[C@]12C. The summed E-state index contributed by atoms with van der Waals surface area (Å²) in [6.45, 7) is 11.7. The Hall–Kier alpha value is -1.04. The zero-order valence-corrected chi connectivity index (χ0v) is 18.5. The molecule has 0 saturated heterocycles. The predicted octanol–water partition coefficient (Wildman–Crippen LogP) is 2.66. The Labute approximate surface area is 173 Å². The second kappa shape index (κ2) is 6.02. The van der Waals surface area contributed by atoms with Crippen LogP contribution in [0.3, 0.4) is 0 Å². The van der Waals surface area contributed by atoms with Crippen LogP contribution in [-0.4, -0.2) is 45.2 Å². The topological polar surface area (TPSA) is 94.8 Å². The van der Waals surface area contributed by atoms with Gasteiger partial charge < -0.3 is 15.3 Å². The number of rotatable bonds is 1. The molecule has 3 fully saturated rings. The van der Waals surface area contributed by atoms with Gasteiger partial charge in [0.05, 0.1) is 18.3 Å². The van der Waals surface area contributed by atoms with Gasteiger partial charge in [-0.15, -0.1) is 0 Å². The number of hydrogen-bond acceptors (Lipinski definition) is 5. The van der Waals surface area contributed by atoms with E-state index in [-0.39, 0.29) is 35.2 Å². The van der Waals surface area contributed by atoms with Crippen LogP contribution in [0, 0.1) is 39.4 Å². The molecule has 9 atom stereocenters. The molecule has 0 amide bonds. The highest BCUT2D eigenvalue weighted by molar-refractivity contribution is 5.90. The number of carbonyl (C=O) groups excluding carboxylic acids is 2. The van der Waals surface area contributed by atoms with E-state index < -0.39 is 40.5 Å². The van der Waals surface area contributed by atoms with E-state index in [9.17, 15) is 24.9 Å². The summed E-state index contributed by atoms with van der Waals surface area (Å²) in [7, 11) is 0. The minimum atomic E-state index is -0.865. The van der Waals surface area contributed by atoms with Gasteiger partial charge >= 0.3 is 0 Å². The van der Waals surface area contributed by atoms with Crippen LogP contribution >= 0.6 is 0 Å². The predicted molar refractivity (Wildman–Crippen MR) is 109 cm³/mol. The maximum atomic E-state index is 13.8. The van der Waals surface area contributed by atoms with E-state index >= 15 is 0 Å². The van der Waals surface area contributed by atoms with Crippen molar-refractivity contribution in [1.82, 2.24) is 0 Å². The van der Waals surface area contributed by atoms with Gasteiger partial charge in [0.2, 0.25) is 0 Å². The molecule has 0 aromatic rings. The summed E-state index contributed by atoms with van der Waals surface area (Å²) in [6.07, 6.45) is 1.62. The third-order valence-corrected chi connectivity index (χ3v) is 10.1. The molecule has 1 unspecified atom stereocenters. The Morgan fingerprint density at radius 1 is 1.03 bits per heavy atom. The lowest BCUT2D eigenvalue weighted by molar-refractivity contribution is -0.176. The van der Waals surface area contributed by atoms with Gasteiger partial charge in [0, 0.05) is 23.2 Å². The van der Waals surface area contributed by atoms with Crippen LogP contribution < -0.4 is 0 Å². The number of hydrogen-bond donors (Lipinski definition) is 3. The fraction of sp³-hybridized carbons (Fsp3) is 0.833. The molecule has 5 nitrogen and oxygen atoms in total. The maximum absolute atomic E-state index is 13.8. The van der Waals surface area contributed by atoms with Crippen molar-refractivity contribution in [2.75, 3.05) is 0 Å². The summed E-state index contributed by atoms with van der Waals surface area (Å²) < 4.78 is 0. The largest absolute Gasteiger partial charge is 0.392 e. The molecule has 3 saturated carbocycles. The number of aliphatic hydroxyl groups excluding tert-OH is 3. The molecule has 0 spiro atoms. The lowest BCUT2D eigenvalue weighted by Crippen LogP contribution is -2.64. The second-order valence-corrected chi connectivity index (χ2v) is 11.5. The monoisotopic (exact) mass is 404 g/mol. The van der Waals surface area contributed by atoms with Crippen molar-refractivity contribution in [3.8, 4) is 0 Å². The highest BCUT2D eigenvalue weighted by Crippen LogP contribution is 2.73. The van der Waals surface area contributed by atoms with Gasteiger partial charge in [-0.25, -0.2) is 0 Å². The van der Waals surface area contributed by atoms with Crippen LogP contribution in [0.15, 0.2) is 11.6 Å². The molecule has 4 aliphatic carbocycles. The molecule has 0 aromatic heterocycles. The number of allylic oxidation sites excluding steroid dienone is 1. The highest BCUT2D eigenvalue weighted by atomic mass is 16.3. The number of fused-ring (bicyclic) bond motifs is 5. The molecule has 5 heteroatoms. The van der Waals surface area contributed by atoms with Crippen molar-refractivity contribution in [1.29, 1.82) is 0 Å². The van der Waals surface area contributed by atoms with Gasteiger partial charge in [0.1, 0.15) is 11.6 Å². The van der Waals surface area contributed by atoms with E-state index in [0.717, 1.165) is 5.57 Å². The van der Waals surface area contributed by atoms with Gasteiger partial charge in [0.15, 0.2) is 0 Å². The van der Waals surface area contributed by atoms with Crippen LogP contribution in [0.25, 0.3) is 0 Å². The molecule has 0 bridgehead atoms. The van der Waals surface area contributed by atoms with Gasteiger partial charge in [-0.05, 0) is 48.9 Å². The molecule has 0 radical (unpaired) electrons. The van der Waals surface area contributed by atoms with Gasteiger partial charge in [-0.3, -0.25) is 9.59 Å². The van der Waals surface area contributed by atoms with Crippen molar-refractivity contribution in [3.05, 3.63) is 11.6 Å². The van der Waals surface area contributed by atoms with Crippen molar-refractivity contribution in [2.24, 2.45) is 39.4 Å². The van der Waals surface area contributed by atoms with E-state index in [0.29, 0.717) is 19.3 Å². The van der Waals surface area contributed by atoms with Crippen molar-refractivity contribution < 1.29 is 24.9 Å². The summed E-state index contributed by atoms with van der Waals surface area (Å²) in [6, 6.07) is 0. The third kappa shape index (κ3) is 2.33. The first-order chi connectivity index (χ1) is 13.2. The van der Waals surface area contributed by atoms with Crippen LogP contribution in [-0.2, 0) is 9.59 Å². The summed E-state index contributed by atoms with van der Waals surface area (Å²) in [5.74, 6) is -0.548. The molecule has 162 valence electrons. The number of Topliss-reactive ketones (excluding diaryl/α,β-unsaturated/α-hetero) is 2. The first kappa shape index (κ1) is 21.2. The van der Waals surface area contributed by atoms with Gasteiger partial charge in [-0.1, -0.05) is 46.3 Å². The van der Waals surface area contributed by atoms with E-state index in [4.69, 9.17) is 0 Å². The molecule has 29 heavy (non-hydrogen) atoms. The van der Waals surface area contributed by atoms with E-state index in [1.165, 1.54) is 6.92 Å². The quantitative estimate of drug-likeness (QED) is 0.584. The maximum Gasteiger partial charge on any atom is 0.140 e. The average molecular weight is 405 g/mol. The lowest BCUT2D eigenvalue weighted by atomic mass is 9.39. The van der Waals surface area contributed by atoms with Crippen LogP contribution in [0.5, 0.6) is 0 Å². The van der Waals surface area contributed by atoms with Crippen molar-refractivity contribution in [2.45, 2.75) is 85.5 Å². The Bertz CT molecular complexity index is 799. The molecular formula is C24H36O5. The van der Waals surface area contributed by atoms with Crippen LogP contribution in [0.2, 0.25) is 0 Å². The Morgan fingerprint density at radius 2 is 1.66 bits per heavy atom. The second-order valence-electron chi connectivity index (χ2n) is 11.5. The average Bonchev–Trinajstić information content (AvgIpc) is 2.79. The van der Waals surface area contributed by atoms with Crippen molar-refractivity contribution >= 4 is 11.6 Å². The fourth-order valence-electron chi connectivity index (χ4n) is 8.28. The Kier molecular flexibility index (Phi) is 4.40. The molecular weight excluding hydrogens is 368 g/mol. The van der Waals surface area contributed by atoms with E-state index in [1.807, 2.05) is 27.7 Å². The van der Waals surface area contributed by atoms with Gasteiger partial charge in [-0.2, -0.15) is 0 Å². The van der Waals surface area contributed by atoms with Gasteiger partial charge in [0.25, 0.3) is 0 Å². The highest BCUT2D eigenvalue weighted by Gasteiger charge is 2.72.